The van der Waals surface area contributed by atoms with Gasteiger partial charge in [0.1, 0.15) is 11.4 Å². The van der Waals surface area contributed by atoms with Crippen LogP contribution in [-0.4, -0.2) is 16.8 Å². The largest absolute Gasteiger partial charge is 0.496 e. The summed E-state index contributed by atoms with van der Waals surface area (Å²) in [5, 5.41) is 4.70. The number of ether oxygens (including phenoxy) is 1. The van der Waals surface area contributed by atoms with Gasteiger partial charge < -0.3 is 19.6 Å². The van der Waals surface area contributed by atoms with Gasteiger partial charge in [-0.05, 0) is 12.1 Å². The first kappa shape index (κ1) is 10.7. The Morgan fingerprint density at radius 3 is 2.89 bits per heavy atom. The van der Waals surface area contributed by atoms with Crippen molar-refractivity contribution in [3.8, 4) is 17.1 Å². The summed E-state index contributed by atoms with van der Waals surface area (Å²) in [5.41, 5.74) is 8.32. The average molecular weight is 243 g/mol. The zero-order chi connectivity index (χ0) is 12.7. The van der Waals surface area contributed by atoms with Crippen LogP contribution in [0.1, 0.15) is 0 Å². The maximum atomic E-state index is 5.86. The molecule has 0 spiro atoms. The van der Waals surface area contributed by atoms with Crippen molar-refractivity contribution < 1.29 is 9.26 Å². The second-order valence-electron chi connectivity index (χ2n) is 4.12. The molecule has 0 bridgehead atoms. The highest BCUT2D eigenvalue weighted by Crippen LogP contribution is 2.38. The van der Waals surface area contributed by atoms with Crippen LogP contribution in [0.15, 0.2) is 35.1 Å². The van der Waals surface area contributed by atoms with E-state index in [1.165, 1.54) is 6.20 Å². The van der Waals surface area contributed by atoms with Gasteiger partial charge >= 0.3 is 0 Å². The van der Waals surface area contributed by atoms with E-state index in [1.54, 1.807) is 7.11 Å². The van der Waals surface area contributed by atoms with Crippen molar-refractivity contribution in [2.45, 2.75) is 0 Å². The van der Waals surface area contributed by atoms with Crippen molar-refractivity contribution in [2.75, 3.05) is 12.8 Å². The third-order valence-electron chi connectivity index (χ3n) is 3.04. The molecule has 0 aliphatic rings. The van der Waals surface area contributed by atoms with E-state index in [-0.39, 0.29) is 0 Å². The first-order valence-corrected chi connectivity index (χ1v) is 5.55. The summed E-state index contributed by atoms with van der Waals surface area (Å²) < 4.78 is 12.6. The van der Waals surface area contributed by atoms with Gasteiger partial charge in [0.25, 0.3) is 0 Å². The molecule has 1 aromatic carbocycles. The number of anilines is 1. The molecule has 0 fully saturated rings. The molecule has 0 radical (unpaired) electrons. The fourth-order valence-electron chi connectivity index (χ4n) is 2.21. The lowest BCUT2D eigenvalue weighted by molar-refractivity contribution is 0.419. The molecular formula is C13H13N3O2. The third-order valence-corrected chi connectivity index (χ3v) is 3.04. The highest BCUT2D eigenvalue weighted by atomic mass is 16.5. The lowest BCUT2D eigenvalue weighted by atomic mass is 10.1. The van der Waals surface area contributed by atoms with Gasteiger partial charge in [0, 0.05) is 13.2 Å². The minimum atomic E-state index is 0.522. The smallest absolute Gasteiger partial charge is 0.191 e. The number of aryl methyl sites for hydroxylation is 1. The molecule has 18 heavy (non-hydrogen) atoms. The van der Waals surface area contributed by atoms with Crippen LogP contribution in [0.3, 0.4) is 0 Å². The second kappa shape index (κ2) is 3.80. The monoisotopic (exact) mass is 243 g/mol. The summed E-state index contributed by atoms with van der Waals surface area (Å²) in [6, 6.07) is 5.89. The fourth-order valence-corrected chi connectivity index (χ4v) is 2.21. The fraction of sp³-hybridized carbons (Fsp3) is 0.154. The quantitative estimate of drug-likeness (QED) is 0.750. The molecule has 0 amide bonds. The highest BCUT2D eigenvalue weighted by Gasteiger charge is 2.17. The zero-order valence-electron chi connectivity index (χ0n) is 10.2. The van der Waals surface area contributed by atoms with Crippen LogP contribution in [0.4, 0.5) is 5.69 Å². The Kier molecular flexibility index (Phi) is 2.26. The van der Waals surface area contributed by atoms with Crippen LogP contribution < -0.4 is 10.5 Å². The van der Waals surface area contributed by atoms with Crippen molar-refractivity contribution in [3.05, 3.63) is 30.6 Å². The van der Waals surface area contributed by atoms with Crippen molar-refractivity contribution in [1.29, 1.82) is 0 Å². The van der Waals surface area contributed by atoms with E-state index in [1.807, 2.05) is 36.0 Å². The molecule has 2 heterocycles. The van der Waals surface area contributed by atoms with Crippen LogP contribution in [0.2, 0.25) is 0 Å². The van der Waals surface area contributed by atoms with Gasteiger partial charge in [0.2, 0.25) is 0 Å². The molecule has 2 N–H and O–H groups in total. The van der Waals surface area contributed by atoms with Crippen molar-refractivity contribution in [1.82, 2.24) is 9.72 Å². The number of nitrogens with two attached hydrogens (primary N) is 1. The number of methoxy groups -OCH3 is 1. The van der Waals surface area contributed by atoms with E-state index in [9.17, 15) is 0 Å². The van der Waals surface area contributed by atoms with E-state index < -0.39 is 0 Å². The molecule has 0 saturated heterocycles. The number of nitrogens with zero attached hydrogens (tertiary/aromatic N) is 2. The first-order chi connectivity index (χ1) is 8.72. The van der Waals surface area contributed by atoms with Crippen molar-refractivity contribution >= 4 is 16.6 Å². The first-order valence-electron chi connectivity index (χ1n) is 5.55. The number of benzene rings is 1. The van der Waals surface area contributed by atoms with Gasteiger partial charge in [0.15, 0.2) is 5.76 Å². The van der Waals surface area contributed by atoms with Gasteiger partial charge in [-0.15, -0.1) is 0 Å². The van der Waals surface area contributed by atoms with E-state index in [2.05, 4.69) is 5.16 Å². The lowest BCUT2D eigenvalue weighted by Crippen LogP contribution is -1.87. The molecule has 0 unspecified atom stereocenters. The molecule has 3 aromatic rings. The van der Waals surface area contributed by atoms with Crippen molar-refractivity contribution in [3.63, 3.8) is 0 Å². The molecule has 2 aromatic heterocycles. The number of hydrogen-bond acceptors (Lipinski definition) is 4. The number of nitrogen functional groups attached to an aromatic ring is 1. The van der Waals surface area contributed by atoms with Gasteiger partial charge in [-0.2, -0.15) is 0 Å². The minimum Gasteiger partial charge on any atom is -0.496 e. The van der Waals surface area contributed by atoms with Crippen LogP contribution in [0.25, 0.3) is 22.2 Å². The lowest BCUT2D eigenvalue weighted by Gasteiger charge is -2.03. The Morgan fingerprint density at radius 1 is 1.39 bits per heavy atom. The van der Waals surface area contributed by atoms with Gasteiger partial charge in [-0.3, -0.25) is 0 Å². The molecule has 0 saturated carbocycles. The molecule has 5 nitrogen and oxygen atoms in total. The summed E-state index contributed by atoms with van der Waals surface area (Å²) in [4.78, 5) is 0. The van der Waals surface area contributed by atoms with Gasteiger partial charge in [-0.1, -0.05) is 11.2 Å². The summed E-state index contributed by atoms with van der Waals surface area (Å²) in [6.45, 7) is 0. The van der Waals surface area contributed by atoms with E-state index in [0.717, 1.165) is 22.2 Å². The number of fused-ring (bicyclic) bond motifs is 1. The average Bonchev–Trinajstić information content (AvgIpc) is 2.93. The summed E-state index contributed by atoms with van der Waals surface area (Å²) >= 11 is 0. The van der Waals surface area contributed by atoms with Crippen LogP contribution in [-0.2, 0) is 7.05 Å². The Morgan fingerprint density at radius 2 is 2.22 bits per heavy atom. The highest BCUT2D eigenvalue weighted by molar-refractivity contribution is 6.01. The normalized spacial score (nSPS) is 11.0. The molecule has 0 atom stereocenters. The van der Waals surface area contributed by atoms with E-state index in [4.69, 9.17) is 15.0 Å². The summed E-state index contributed by atoms with van der Waals surface area (Å²) in [6.07, 6.45) is 3.47. The molecular weight excluding hydrogens is 230 g/mol. The molecule has 0 aliphatic carbocycles. The minimum absolute atomic E-state index is 0.522. The zero-order valence-corrected chi connectivity index (χ0v) is 10.2. The summed E-state index contributed by atoms with van der Waals surface area (Å²) in [7, 11) is 3.62. The SMILES string of the molecule is COc1cccc2c1c(-c1oncc1N)cn2C. The van der Waals surface area contributed by atoms with Crippen LogP contribution in [0.5, 0.6) is 5.75 Å². The van der Waals surface area contributed by atoms with E-state index >= 15 is 0 Å². The maximum Gasteiger partial charge on any atom is 0.191 e. The van der Waals surface area contributed by atoms with Crippen LogP contribution in [0, 0.1) is 0 Å². The van der Waals surface area contributed by atoms with Gasteiger partial charge in [-0.25, -0.2) is 0 Å². The Labute approximate surface area is 104 Å². The van der Waals surface area contributed by atoms with Crippen molar-refractivity contribution in [2.24, 2.45) is 7.05 Å². The molecule has 3 rings (SSSR count). The molecule has 0 aliphatic heterocycles. The Balaban J connectivity index is 2.40. The Hall–Kier alpha value is -2.43. The topological polar surface area (TPSA) is 66.2 Å². The number of hydrogen-bond donors (Lipinski definition) is 1. The number of aromatic nitrogens is 2. The molecule has 5 heteroatoms. The standard InChI is InChI=1S/C13H13N3O2/c1-16-7-8(13-9(14)6-15-18-13)12-10(16)4-3-5-11(12)17-2/h3-7H,14H2,1-2H3. The predicted octanol–water partition coefficient (Wildman–Crippen LogP) is 2.42. The number of rotatable bonds is 2. The van der Waals surface area contributed by atoms with Crippen LogP contribution >= 0.6 is 0 Å². The Bertz CT molecular complexity index is 712. The maximum absolute atomic E-state index is 5.86. The summed E-state index contributed by atoms with van der Waals surface area (Å²) in [5.74, 6) is 1.36. The second-order valence-corrected chi connectivity index (χ2v) is 4.12. The van der Waals surface area contributed by atoms with E-state index in [0.29, 0.717) is 11.4 Å². The third kappa shape index (κ3) is 1.37. The van der Waals surface area contributed by atoms with Gasteiger partial charge in [0.05, 0.1) is 29.8 Å². The predicted molar refractivity (Wildman–Crippen MR) is 69.4 cm³/mol. The molecule has 92 valence electrons.